The molecule has 1 fully saturated rings. The summed E-state index contributed by atoms with van der Waals surface area (Å²) < 4.78 is 27.8. The van der Waals surface area contributed by atoms with Crippen LogP contribution in [0.15, 0.2) is 14.7 Å². The van der Waals surface area contributed by atoms with Gasteiger partial charge in [-0.1, -0.05) is 20.3 Å². The predicted octanol–water partition coefficient (Wildman–Crippen LogP) is 3.07. The van der Waals surface area contributed by atoms with Crippen molar-refractivity contribution in [1.82, 2.24) is 4.72 Å². The van der Waals surface area contributed by atoms with Crippen molar-refractivity contribution in [1.29, 1.82) is 0 Å². The number of nitrogens with one attached hydrogen (secondary N) is 1. The van der Waals surface area contributed by atoms with Gasteiger partial charge < -0.3 is 5.11 Å². The Balaban J connectivity index is 2.29. The molecule has 1 atom stereocenters. The molecule has 1 aromatic heterocycles. The normalized spacial score (nSPS) is 22.1. The second kappa shape index (κ2) is 5.40. The first-order valence-corrected chi connectivity index (χ1v) is 9.28. The standard InChI is InChI=1S/C12H16BrNO4S2/c1-12(2)5-3-4-9(12)14-20(17,18)8-6-7(11(15)16)19-10(8)13/h6,9,14H,3-5H2,1-2H3,(H,15,16). The van der Waals surface area contributed by atoms with E-state index in [2.05, 4.69) is 20.7 Å². The van der Waals surface area contributed by atoms with Crippen molar-refractivity contribution >= 4 is 43.3 Å². The maximum Gasteiger partial charge on any atom is 0.345 e. The first kappa shape index (κ1) is 15.9. The lowest BCUT2D eigenvalue weighted by Gasteiger charge is -2.27. The Kier molecular flexibility index (Phi) is 4.30. The van der Waals surface area contributed by atoms with Gasteiger partial charge in [0.2, 0.25) is 10.0 Å². The molecule has 8 heteroatoms. The van der Waals surface area contributed by atoms with E-state index in [9.17, 15) is 13.2 Å². The lowest BCUT2D eigenvalue weighted by Crippen LogP contribution is -2.41. The fourth-order valence-corrected chi connectivity index (χ4v) is 6.28. The fourth-order valence-electron chi connectivity index (χ4n) is 2.44. The van der Waals surface area contributed by atoms with Crippen LogP contribution in [0, 0.1) is 5.41 Å². The van der Waals surface area contributed by atoms with Crippen LogP contribution in [-0.2, 0) is 10.0 Å². The van der Waals surface area contributed by atoms with Crippen molar-refractivity contribution in [2.45, 2.75) is 44.0 Å². The summed E-state index contributed by atoms with van der Waals surface area (Å²) in [6.45, 7) is 4.08. The molecule has 1 saturated carbocycles. The number of sulfonamides is 1. The van der Waals surface area contributed by atoms with E-state index in [4.69, 9.17) is 5.11 Å². The summed E-state index contributed by atoms with van der Waals surface area (Å²) in [5.74, 6) is -1.13. The summed E-state index contributed by atoms with van der Waals surface area (Å²) >= 11 is 4.04. The van der Waals surface area contributed by atoms with Crippen LogP contribution in [0.5, 0.6) is 0 Å². The maximum absolute atomic E-state index is 12.4. The van der Waals surface area contributed by atoms with Gasteiger partial charge in [-0.05, 0) is 40.3 Å². The summed E-state index contributed by atoms with van der Waals surface area (Å²) in [6, 6.07) is 1.08. The first-order chi connectivity index (χ1) is 9.13. The monoisotopic (exact) mass is 381 g/mol. The van der Waals surface area contributed by atoms with E-state index < -0.39 is 16.0 Å². The van der Waals surface area contributed by atoms with Gasteiger partial charge in [-0.25, -0.2) is 17.9 Å². The van der Waals surface area contributed by atoms with Gasteiger partial charge in [0, 0.05) is 6.04 Å². The number of carboxylic acid groups (broad SMARTS) is 1. The molecule has 5 nitrogen and oxygen atoms in total. The number of hydrogen-bond donors (Lipinski definition) is 2. The third-order valence-electron chi connectivity index (χ3n) is 3.71. The second-order valence-electron chi connectivity index (χ2n) is 5.61. The van der Waals surface area contributed by atoms with Gasteiger partial charge in [-0.15, -0.1) is 11.3 Å². The Hall–Kier alpha value is -0.440. The molecule has 2 N–H and O–H groups in total. The largest absolute Gasteiger partial charge is 0.477 e. The third-order valence-corrected chi connectivity index (χ3v) is 7.42. The predicted molar refractivity (Wildman–Crippen MR) is 80.7 cm³/mol. The highest BCUT2D eigenvalue weighted by molar-refractivity contribution is 9.11. The molecule has 1 heterocycles. The van der Waals surface area contributed by atoms with Crippen molar-refractivity contribution < 1.29 is 18.3 Å². The van der Waals surface area contributed by atoms with Crippen LogP contribution >= 0.6 is 27.3 Å². The molecular weight excluding hydrogens is 366 g/mol. The number of rotatable bonds is 4. The van der Waals surface area contributed by atoms with E-state index >= 15 is 0 Å². The van der Waals surface area contributed by atoms with Gasteiger partial charge in [0.1, 0.15) is 9.77 Å². The molecule has 1 aromatic rings. The van der Waals surface area contributed by atoms with Crippen molar-refractivity contribution in [3.8, 4) is 0 Å². The van der Waals surface area contributed by atoms with Crippen LogP contribution in [0.25, 0.3) is 0 Å². The highest BCUT2D eigenvalue weighted by Gasteiger charge is 2.38. The smallest absolute Gasteiger partial charge is 0.345 e. The van der Waals surface area contributed by atoms with Gasteiger partial charge in [-0.3, -0.25) is 0 Å². The number of thiophene rings is 1. The molecule has 1 unspecified atom stereocenters. The molecule has 0 spiro atoms. The molecule has 2 rings (SSSR count). The highest BCUT2D eigenvalue weighted by Crippen LogP contribution is 2.39. The summed E-state index contributed by atoms with van der Waals surface area (Å²) in [6.07, 6.45) is 2.77. The van der Waals surface area contributed by atoms with Crippen LogP contribution in [0.1, 0.15) is 42.8 Å². The maximum atomic E-state index is 12.4. The highest BCUT2D eigenvalue weighted by atomic mass is 79.9. The van der Waals surface area contributed by atoms with Crippen LogP contribution in [0.4, 0.5) is 0 Å². The summed E-state index contributed by atoms with van der Waals surface area (Å²) in [4.78, 5) is 10.9. The van der Waals surface area contributed by atoms with E-state index in [0.717, 1.165) is 30.6 Å². The molecule has 0 bridgehead atoms. The van der Waals surface area contributed by atoms with Crippen molar-refractivity contribution in [3.05, 3.63) is 14.7 Å². The Bertz CT molecular complexity index is 636. The van der Waals surface area contributed by atoms with Crippen LogP contribution in [0.3, 0.4) is 0 Å². The van der Waals surface area contributed by atoms with Gasteiger partial charge in [0.15, 0.2) is 0 Å². The molecule has 0 saturated heterocycles. The van der Waals surface area contributed by atoms with Crippen molar-refractivity contribution in [3.63, 3.8) is 0 Å². The van der Waals surface area contributed by atoms with E-state index in [0.29, 0.717) is 3.79 Å². The van der Waals surface area contributed by atoms with Crippen LogP contribution in [-0.4, -0.2) is 25.5 Å². The van der Waals surface area contributed by atoms with E-state index in [1.807, 2.05) is 13.8 Å². The molecular formula is C12H16BrNO4S2. The number of carbonyl (C=O) groups is 1. The second-order valence-corrected chi connectivity index (χ2v) is 9.66. The summed E-state index contributed by atoms with van der Waals surface area (Å²) in [5.41, 5.74) is -0.0782. The number of hydrogen-bond acceptors (Lipinski definition) is 4. The first-order valence-electron chi connectivity index (χ1n) is 6.18. The van der Waals surface area contributed by atoms with Gasteiger partial charge in [-0.2, -0.15) is 0 Å². The fraction of sp³-hybridized carbons (Fsp3) is 0.583. The zero-order valence-electron chi connectivity index (χ0n) is 11.1. The lowest BCUT2D eigenvalue weighted by atomic mass is 9.88. The van der Waals surface area contributed by atoms with Crippen molar-refractivity contribution in [2.75, 3.05) is 0 Å². The summed E-state index contributed by atoms with van der Waals surface area (Å²) in [5, 5.41) is 8.93. The molecule has 0 aliphatic heterocycles. The average molecular weight is 382 g/mol. The SMILES string of the molecule is CC1(C)CCCC1NS(=O)(=O)c1cc(C(=O)O)sc1Br. The Labute approximate surface area is 130 Å². The molecule has 0 radical (unpaired) electrons. The van der Waals surface area contributed by atoms with Crippen molar-refractivity contribution in [2.24, 2.45) is 5.41 Å². The van der Waals surface area contributed by atoms with E-state index in [1.54, 1.807) is 0 Å². The Morgan fingerprint density at radius 2 is 2.20 bits per heavy atom. The molecule has 0 aromatic carbocycles. The van der Waals surface area contributed by atoms with Crippen LogP contribution in [0.2, 0.25) is 0 Å². The summed E-state index contributed by atoms with van der Waals surface area (Å²) in [7, 11) is -3.71. The molecule has 1 aliphatic rings. The van der Waals surface area contributed by atoms with Gasteiger partial charge in [0.25, 0.3) is 0 Å². The molecule has 0 amide bonds. The molecule has 20 heavy (non-hydrogen) atoms. The van der Waals surface area contributed by atoms with Crippen LogP contribution < -0.4 is 4.72 Å². The number of aromatic carboxylic acids is 1. The topological polar surface area (TPSA) is 83.5 Å². The average Bonchev–Trinajstić information content (AvgIpc) is 2.83. The van der Waals surface area contributed by atoms with Gasteiger partial charge in [0.05, 0.1) is 3.79 Å². The number of carboxylic acids is 1. The lowest BCUT2D eigenvalue weighted by molar-refractivity contribution is 0.0702. The van der Waals surface area contributed by atoms with E-state index in [1.165, 1.54) is 6.07 Å². The minimum Gasteiger partial charge on any atom is -0.477 e. The minimum absolute atomic E-state index is 0.00241. The quantitative estimate of drug-likeness (QED) is 0.839. The Morgan fingerprint density at radius 1 is 1.55 bits per heavy atom. The van der Waals surface area contributed by atoms with Gasteiger partial charge >= 0.3 is 5.97 Å². The minimum atomic E-state index is -3.71. The third kappa shape index (κ3) is 3.08. The zero-order chi connectivity index (χ0) is 15.1. The zero-order valence-corrected chi connectivity index (χ0v) is 14.4. The molecule has 112 valence electrons. The Morgan fingerprint density at radius 3 is 2.65 bits per heavy atom. The van der Waals surface area contributed by atoms with E-state index in [-0.39, 0.29) is 21.2 Å². The number of halogens is 1. The molecule has 1 aliphatic carbocycles.